The maximum Gasteiger partial charge on any atom is 0.216 e. The van der Waals surface area contributed by atoms with Crippen LogP contribution < -0.4 is 9.47 Å². The average Bonchev–Trinajstić information content (AvgIpc) is 3.13. The van der Waals surface area contributed by atoms with Crippen LogP contribution in [0.15, 0.2) is 84.0 Å². The number of rotatable bonds is 6. The van der Waals surface area contributed by atoms with Crippen LogP contribution in [0.2, 0.25) is 0 Å². The summed E-state index contributed by atoms with van der Waals surface area (Å²) in [6, 6.07) is 24.9. The van der Waals surface area contributed by atoms with Gasteiger partial charge in [-0.1, -0.05) is 42.5 Å². The van der Waals surface area contributed by atoms with Crippen molar-refractivity contribution in [3.05, 3.63) is 89.2 Å². The number of hydrogen-bond donors (Lipinski definition) is 1. The molecule has 0 radical (unpaired) electrons. The summed E-state index contributed by atoms with van der Waals surface area (Å²) < 4.78 is 13.1. The van der Waals surface area contributed by atoms with Crippen LogP contribution in [0, 0.1) is 4.77 Å². The van der Waals surface area contributed by atoms with Crippen molar-refractivity contribution >= 4 is 18.4 Å². The first-order valence-corrected chi connectivity index (χ1v) is 9.33. The van der Waals surface area contributed by atoms with Crippen LogP contribution in [0.4, 0.5) is 0 Å². The fourth-order valence-electron chi connectivity index (χ4n) is 2.76. The van der Waals surface area contributed by atoms with Gasteiger partial charge in [-0.05, 0) is 54.2 Å². The number of aromatic amines is 1. The highest BCUT2D eigenvalue weighted by atomic mass is 32.1. The Hall–Kier alpha value is -3.71. The van der Waals surface area contributed by atoms with Gasteiger partial charge in [-0.25, -0.2) is 5.10 Å². The number of aromatic nitrogens is 3. The van der Waals surface area contributed by atoms with Gasteiger partial charge in [-0.15, -0.1) is 0 Å². The van der Waals surface area contributed by atoms with E-state index in [0.717, 1.165) is 28.4 Å². The largest absolute Gasteiger partial charge is 0.497 e. The summed E-state index contributed by atoms with van der Waals surface area (Å²) >= 11 is 5.34. The summed E-state index contributed by atoms with van der Waals surface area (Å²) in [6.45, 7) is 0. The molecule has 0 amide bonds. The first kappa shape index (κ1) is 18.6. The monoisotopic (exact) mass is 402 g/mol. The maximum absolute atomic E-state index is 5.88. The van der Waals surface area contributed by atoms with Crippen molar-refractivity contribution in [1.29, 1.82) is 0 Å². The van der Waals surface area contributed by atoms with E-state index in [1.54, 1.807) is 18.0 Å². The molecule has 6 nitrogen and oxygen atoms in total. The number of ether oxygens (including phenoxy) is 2. The molecule has 0 saturated heterocycles. The third kappa shape index (κ3) is 4.41. The van der Waals surface area contributed by atoms with E-state index >= 15 is 0 Å². The molecule has 0 aliphatic rings. The van der Waals surface area contributed by atoms with Crippen molar-refractivity contribution in [2.24, 2.45) is 5.10 Å². The zero-order valence-electron chi connectivity index (χ0n) is 15.6. The number of benzene rings is 3. The standard InChI is InChI=1S/C22H18N4O2S/c1-27-19-11-6-8-17(14-19)21-24-25-22(29)26(21)23-15-16-7-5-12-20(13-16)28-18-9-3-2-4-10-18/h2-15H,1H3,(H,25,29)/b23-15-. The first-order chi connectivity index (χ1) is 14.2. The lowest BCUT2D eigenvalue weighted by atomic mass is 10.2. The van der Waals surface area contributed by atoms with Crippen molar-refractivity contribution in [1.82, 2.24) is 14.9 Å². The van der Waals surface area contributed by atoms with Crippen LogP contribution in [0.1, 0.15) is 5.56 Å². The number of hydrogen-bond acceptors (Lipinski definition) is 5. The zero-order chi connectivity index (χ0) is 20.1. The normalized spacial score (nSPS) is 10.9. The second kappa shape index (κ2) is 8.53. The molecule has 7 heteroatoms. The van der Waals surface area contributed by atoms with E-state index in [2.05, 4.69) is 15.3 Å². The molecule has 4 aromatic rings. The average molecular weight is 402 g/mol. The lowest BCUT2D eigenvalue weighted by Crippen LogP contribution is -1.96. The van der Waals surface area contributed by atoms with Crippen molar-refractivity contribution in [2.75, 3.05) is 7.11 Å². The van der Waals surface area contributed by atoms with E-state index in [0.29, 0.717) is 10.6 Å². The molecule has 0 aliphatic carbocycles. The molecule has 1 heterocycles. The SMILES string of the molecule is COc1cccc(-c2n[nH]c(=S)n2/N=C\c2cccc(Oc3ccccc3)c2)c1. The molecule has 144 valence electrons. The van der Waals surface area contributed by atoms with Crippen LogP contribution >= 0.6 is 12.2 Å². The fourth-order valence-corrected chi connectivity index (χ4v) is 2.93. The minimum absolute atomic E-state index is 0.399. The van der Waals surface area contributed by atoms with Gasteiger partial charge in [0.25, 0.3) is 0 Å². The van der Waals surface area contributed by atoms with E-state index in [1.165, 1.54) is 0 Å². The molecule has 0 fully saturated rings. The summed E-state index contributed by atoms with van der Waals surface area (Å²) in [6.07, 6.45) is 1.72. The van der Waals surface area contributed by atoms with Gasteiger partial charge in [-0.3, -0.25) is 0 Å². The van der Waals surface area contributed by atoms with Crippen molar-refractivity contribution in [2.45, 2.75) is 0 Å². The summed E-state index contributed by atoms with van der Waals surface area (Å²) in [4.78, 5) is 0. The lowest BCUT2D eigenvalue weighted by Gasteiger charge is -2.06. The topological polar surface area (TPSA) is 64.4 Å². The van der Waals surface area contributed by atoms with Crippen molar-refractivity contribution in [3.63, 3.8) is 0 Å². The molecule has 0 spiro atoms. The van der Waals surface area contributed by atoms with Crippen LogP contribution in [-0.4, -0.2) is 28.2 Å². The quantitative estimate of drug-likeness (QED) is 0.351. The highest BCUT2D eigenvalue weighted by Crippen LogP contribution is 2.23. The van der Waals surface area contributed by atoms with Gasteiger partial charge in [-0.2, -0.15) is 14.9 Å². The molecule has 29 heavy (non-hydrogen) atoms. The highest BCUT2D eigenvalue weighted by Gasteiger charge is 2.09. The predicted molar refractivity (Wildman–Crippen MR) is 115 cm³/mol. The summed E-state index contributed by atoms with van der Waals surface area (Å²) in [5.41, 5.74) is 1.72. The Morgan fingerprint density at radius 2 is 1.69 bits per heavy atom. The van der Waals surface area contributed by atoms with Crippen LogP contribution in [0.25, 0.3) is 11.4 Å². The van der Waals surface area contributed by atoms with Gasteiger partial charge in [0.15, 0.2) is 5.82 Å². The Labute approximate surface area is 173 Å². The van der Waals surface area contributed by atoms with Crippen molar-refractivity contribution in [3.8, 4) is 28.6 Å². The smallest absolute Gasteiger partial charge is 0.216 e. The number of nitrogens with zero attached hydrogens (tertiary/aromatic N) is 3. The summed E-state index contributed by atoms with van der Waals surface area (Å²) in [5.74, 6) is 2.84. The minimum Gasteiger partial charge on any atom is -0.497 e. The molecule has 0 unspecified atom stereocenters. The zero-order valence-corrected chi connectivity index (χ0v) is 16.5. The molecule has 4 rings (SSSR count). The van der Waals surface area contributed by atoms with Crippen LogP contribution in [-0.2, 0) is 0 Å². The first-order valence-electron chi connectivity index (χ1n) is 8.92. The van der Waals surface area contributed by atoms with E-state index in [4.69, 9.17) is 21.7 Å². The molecule has 1 N–H and O–H groups in total. The third-order valence-electron chi connectivity index (χ3n) is 4.14. The van der Waals surface area contributed by atoms with Gasteiger partial charge < -0.3 is 9.47 Å². The van der Waals surface area contributed by atoms with Gasteiger partial charge in [0.2, 0.25) is 4.77 Å². The van der Waals surface area contributed by atoms with Gasteiger partial charge in [0.05, 0.1) is 13.3 Å². The number of nitrogens with one attached hydrogen (secondary N) is 1. The Bertz CT molecular complexity index is 1200. The summed E-state index contributed by atoms with van der Waals surface area (Å²) in [5, 5.41) is 11.6. The minimum atomic E-state index is 0.399. The molecule has 3 aromatic carbocycles. The number of para-hydroxylation sites is 1. The van der Waals surface area contributed by atoms with E-state index in [1.807, 2.05) is 78.9 Å². The number of H-pyrrole nitrogens is 1. The Kier molecular flexibility index (Phi) is 5.49. The third-order valence-corrected chi connectivity index (χ3v) is 4.40. The molecule has 0 saturated carbocycles. The molecular formula is C22H18N4O2S. The van der Waals surface area contributed by atoms with Crippen LogP contribution in [0.5, 0.6) is 17.2 Å². The molecule has 0 bridgehead atoms. The second-order valence-electron chi connectivity index (χ2n) is 6.13. The van der Waals surface area contributed by atoms with Crippen molar-refractivity contribution < 1.29 is 9.47 Å². The highest BCUT2D eigenvalue weighted by molar-refractivity contribution is 7.71. The van der Waals surface area contributed by atoms with Gasteiger partial charge in [0, 0.05) is 5.56 Å². The summed E-state index contributed by atoms with van der Waals surface area (Å²) in [7, 11) is 1.62. The predicted octanol–water partition coefficient (Wildman–Crippen LogP) is 5.29. The van der Waals surface area contributed by atoms with Gasteiger partial charge >= 0.3 is 0 Å². The molecule has 1 aromatic heterocycles. The fraction of sp³-hybridized carbons (Fsp3) is 0.0455. The van der Waals surface area contributed by atoms with E-state index < -0.39 is 0 Å². The Morgan fingerprint density at radius 3 is 2.52 bits per heavy atom. The Morgan fingerprint density at radius 1 is 0.931 bits per heavy atom. The molecular weight excluding hydrogens is 384 g/mol. The van der Waals surface area contributed by atoms with E-state index in [9.17, 15) is 0 Å². The molecule has 0 atom stereocenters. The molecule has 0 aliphatic heterocycles. The number of methoxy groups -OCH3 is 1. The maximum atomic E-state index is 5.88. The Balaban J connectivity index is 1.61. The van der Waals surface area contributed by atoms with Crippen LogP contribution in [0.3, 0.4) is 0 Å². The van der Waals surface area contributed by atoms with Gasteiger partial charge in [0.1, 0.15) is 17.2 Å². The lowest BCUT2D eigenvalue weighted by molar-refractivity contribution is 0.415. The second-order valence-corrected chi connectivity index (χ2v) is 6.51. The van der Waals surface area contributed by atoms with E-state index in [-0.39, 0.29) is 0 Å².